The van der Waals surface area contributed by atoms with E-state index in [1.807, 2.05) is 30.3 Å². The van der Waals surface area contributed by atoms with Crippen molar-refractivity contribution in [1.82, 2.24) is 0 Å². The van der Waals surface area contributed by atoms with E-state index >= 15 is 0 Å². The predicted octanol–water partition coefficient (Wildman–Crippen LogP) is 5.80. The highest BCUT2D eigenvalue weighted by Crippen LogP contribution is 2.37. The van der Waals surface area contributed by atoms with Gasteiger partial charge in [0, 0.05) is 26.5 Å². The molecular weight excluding hydrogens is 399 g/mol. The number of methoxy groups -OCH3 is 1. The molecule has 0 amide bonds. The van der Waals surface area contributed by atoms with E-state index in [1.54, 1.807) is 12.1 Å². The third kappa shape index (κ3) is 4.04. The maximum atomic E-state index is 11.7. The van der Waals surface area contributed by atoms with Gasteiger partial charge in [0.25, 0.3) is 0 Å². The number of rotatable bonds is 3. The summed E-state index contributed by atoms with van der Waals surface area (Å²) in [5, 5.41) is 8.48. The number of esters is 1. The first-order valence-corrected chi connectivity index (χ1v) is 9.10. The SMILES string of the molecule is COC(=O)c1sc2cc(NC(=S)Nc3ccc(Cl)cc3)ccc2c1Cl. The molecule has 0 aliphatic heterocycles. The number of benzene rings is 2. The Labute approximate surface area is 163 Å². The zero-order valence-corrected chi connectivity index (χ0v) is 16.1. The first kappa shape index (κ1) is 17.9. The molecule has 2 N–H and O–H groups in total. The van der Waals surface area contributed by atoms with Crippen molar-refractivity contribution in [3.05, 3.63) is 57.4 Å². The number of nitrogens with one attached hydrogen (secondary N) is 2. The van der Waals surface area contributed by atoms with Crippen molar-refractivity contribution in [3.63, 3.8) is 0 Å². The molecule has 0 fully saturated rings. The quantitative estimate of drug-likeness (QED) is 0.421. The molecule has 0 saturated heterocycles. The van der Waals surface area contributed by atoms with E-state index in [1.165, 1.54) is 18.4 Å². The molecule has 3 aromatic rings. The van der Waals surface area contributed by atoms with Crippen molar-refractivity contribution in [2.24, 2.45) is 0 Å². The van der Waals surface area contributed by atoms with Gasteiger partial charge in [-0.05, 0) is 54.7 Å². The van der Waals surface area contributed by atoms with E-state index in [2.05, 4.69) is 10.6 Å². The predicted molar refractivity (Wildman–Crippen MR) is 109 cm³/mol. The summed E-state index contributed by atoms with van der Waals surface area (Å²) in [6, 6.07) is 12.8. The van der Waals surface area contributed by atoms with Crippen molar-refractivity contribution in [1.29, 1.82) is 0 Å². The summed E-state index contributed by atoms with van der Waals surface area (Å²) in [6.07, 6.45) is 0. The Kier molecular flexibility index (Phi) is 5.44. The fourth-order valence-corrected chi connectivity index (χ4v) is 4.02. The molecule has 1 heterocycles. The topological polar surface area (TPSA) is 50.4 Å². The fraction of sp³-hybridized carbons (Fsp3) is 0.0588. The van der Waals surface area contributed by atoms with Gasteiger partial charge in [0.2, 0.25) is 0 Å². The monoisotopic (exact) mass is 410 g/mol. The van der Waals surface area contributed by atoms with Gasteiger partial charge in [0.1, 0.15) is 4.88 Å². The Hall–Kier alpha value is -1.86. The van der Waals surface area contributed by atoms with E-state index in [-0.39, 0.29) is 0 Å². The zero-order chi connectivity index (χ0) is 18.0. The molecule has 8 heteroatoms. The van der Waals surface area contributed by atoms with E-state index < -0.39 is 5.97 Å². The summed E-state index contributed by atoms with van der Waals surface area (Å²) in [7, 11) is 1.33. The van der Waals surface area contributed by atoms with Gasteiger partial charge in [-0.25, -0.2) is 4.79 Å². The van der Waals surface area contributed by atoms with E-state index in [4.69, 9.17) is 40.2 Å². The van der Waals surface area contributed by atoms with Gasteiger partial charge in [-0.2, -0.15) is 0 Å². The minimum atomic E-state index is -0.444. The van der Waals surface area contributed by atoms with Crippen LogP contribution in [0.2, 0.25) is 10.0 Å². The standard InChI is InChI=1S/C17H12Cl2N2O2S2/c1-23-16(22)15-14(19)12-7-6-11(8-13(12)25-15)21-17(24)20-10-4-2-9(18)3-5-10/h2-8H,1H3,(H2,20,21,24). The van der Waals surface area contributed by atoms with Crippen LogP contribution in [0.3, 0.4) is 0 Å². The van der Waals surface area contributed by atoms with Gasteiger partial charge in [-0.15, -0.1) is 11.3 Å². The number of carbonyl (C=O) groups is 1. The summed E-state index contributed by atoms with van der Waals surface area (Å²) in [6.45, 7) is 0. The highest BCUT2D eigenvalue weighted by Gasteiger charge is 2.17. The largest absolute Gasteiger partial charge is 0.465 e. The van der Waals surface area contributed by atoms with Crippen molar-refractivity contribution in [3.8, 4) is 0 Å². The van der Waals surface area contributed by atoms with Crippen LogP contribution in [-0.4, -0.2) is 18.2 Å². The number of halogens is 2. The van der Waals surface area contributed by atoms with Gasteiger partial charge >= 0.3 is 5.97 Å². The van der Waals surface area contributed by atoms with Crippen LogP contribution in [0.1, 0.15) is 9.67 Å². The first-order chi connectivity index (χ1) is 12.0. The first-order valence-electron chi connectivity index (χ1n) is 7.12. The van der Waals surface area contributed by atoms with E-state index in [9.17, 15) is 4.79 Å². The lowest BCUT2D eigenvalue weighted by atomic mass is 10.2. The van der Waals surface area contributed by atoms with Crippen molar-refractivity contribution >= 4 is 79.3 Å². The lowest BCUT2D eigenvalue weighted by Gasteiger charge is -2.10. The Morgan fingerprint density at radius 1 is 1.08 bits per heavy atom. The maximum absolute atomic E-state index is 11.7. The van der Waals surface area contributed by atoms with Crippen LogP contribution in [0.25, 0.3) is 10.1 Å². The lowest BCUT2D eigenvalue weighted by molar-refractivity contribution is 0.0606. The molecule has 0 spiro atoms. The summed E-state index contributed by atoms with van der Waals surface area (Å²) in [5.74, 6) is -0.444. The maximum Gasteiger partial charge on any atom is 0.349 e. The molecule has 0 unspecified atom stereocenters. The molecule has 0 aliphatic carbocycles. The molecule has 0 radical (unpaired) electrons. The van der Waals surface area contributed by atoms with Crippen LogP contribution in [0.5, 0.6) is 0 Å². The highest BCUT2D eigenvalue weighted by molar-refractivity contribution is 7.80. The van der Waals surface area contributed by atoms with Crippen LogP contribution in [0, 0.1) is 0 Å². The average Bonchev–Trinajstić information content (AvgIpc) is 2.92. The van der Waals surface area contributed by atoms with Crippen LogP contribution >= 0.6 is 46.8 Å². The molecule has 2 aromatic carbocycles. The third-order valence-corrected chi connectivity index (χ3v) is 5.45. The Morgan fingerprint density at radius 3 is 2.40 bits per heavy atom. The highest BCUT2D eigenvalue weighted by atomic mass is 35.5. The molecule has 0 bridgehead atoms. The third-order valence-electron chi connectivity index (χ3n) is 3.36. The number of thiocarbonyl (C=S) groups is 1. The van der Waals surface area contributed by atoms with Crippen LogP contribution < -0.4 is 10.6 Å². The molecule has 4 nitrogen and oxygen atoms in total. The Morgan fingerprint density at radius 2 is 1.72 bits per heavy atom. The van der Waals surface area contributed by atoms with Crippen LogP contribution in [-0.2, 0) is 4.74 Å². The number of fused-ring (bicyclic) bond motifs is 1. The second-order valence-corrected chi connectivity index (χ2v) is 7.31. The molecule has 0 saturated carbocycles. The average molecular weight is 411 g/mol. The van der Waals surface area contributed by atoms with E-state index in [0.29, 0.717) is 20.0 Å². The molecule has 128 valence electrons. The molecule has 0 aliphatic rings. The fourth-order valence-electron chi connectivity index (χ4n) is 2.19. The second-order valence-electron chi connectivity index (χ2n) is 5.03. The molecular formula is C17H12Cl2N2O2S2. The minimum absolute atomic E-state index is 0.387. The number of thiophene rings is 1. The Bertz CT molecular complexity index is 955. The van der Waals surface area contributed by atoms with Gasteiger partial charge in [-0.1, -0.05) is 23.2 Å². The minimum Gasteiger partial charge on any atom is -0.465 e. The molecule has 25 heavy (non-hydrogen) atoms. The number of hydrogen-bond acceptors (Lipinski definition) is 4. The summed E-state index contributed by atoms with van der Waals surface area (Å²) in [4.78, 5) is 12.1. The number of ether oxygens (including phenoxy) is 1. The number of anilines is 2. The van der Waals surface area contributed by atoms with E-state index in [0.717, 1.165) is 21.5 Å². The molecule has 0 atom stereocenters. The van der Waals surface area contributed by atoms with Gasteiger partial charge < -0.3 is 15.4 Å². The molecule has 3 rings (SSSR count). The number of hydrogen-bond donors (Lipinski definition) is 2. The van der Waals surface area contributed by atoms with Crippen LogP contribution in [0.4, 0.5) is 11.4 Å². The normalized spacial score (nSPS) is 10.5. The second kappa shape index (κ2) is 7.58. The van der Waals surface area contributed by atoms with Crippen molar-refractivity contribution < 1.29 is 9.53 Å². The smallest absolute Gasteiger partial charge is 0.349 e. The summed E-state index contributed by atoms with van der Waals surface area (Å²) >= 11 is 18.7. The molecule has 1 aromatic heterocycles. The lowest BCUT2D eigenvalue weighted by Crippen LogP contribution is -2.18. The van der Waals surface area contributed by atoms with Crippen molar-refractivity contribution in [2.75, 3.05) is 17.7 Å². The Balaban J connectivity index is 1.78. The van der Waals surface area contributed by atoms with Gasteiger partial charge in [-0.3, -0.25) is 0 Å². The van der Waals surface area contributed by atoms with Crippen LogP contribution in [0.15, 0.2) is 42.5 Å². The summed E-state index contributed by atoms with van der Waals surface area (Å²) in [5.41, 5.74) is 1.61. The summed E-state index contributed by atoms with van der Waals surface area (Å²) < 4.78 is 5.61. The van der Waals surface area contributed by atoms with Gasteiger partial charge in [0.15, 0.2) is 5.11 Å². The van der Waals surface area contributed by atoms with Gasteiger partial charge in [0.05, 0.1) is 12.1 Å². The van der Waals surface area contributed by atoms with Crippen molar-refractivity contribution in [2.45, 2.75) is 0 Å². The zero-order valence-electron chi connectivity index (χ0n) is 12.9. The number of carbonyl (C=O) groups excluding carboxylic acids is 1.